The number of amides is 2. The van der Waals surface area contributed by atoms with Gasteiger partial charge in [0.15, 0.2) is 0 Å². The van der Waals surface area contributed by atoms with Crippen molar-refractivity contribution < 1.29 is 13.6 Å². The maximum absolute atomic E-state index is 13.6. The molecule has 3 heterocycles. The first-order valence-electron chi connectivity index (χ1n) is 10.2. The van der Waals surface area contributed by atoms with Gasteiger partial charge in [0.05, 0.1) is 24.1 Å². The third kappa shape index (κ3) is 4.32. The van der Waals surface area contributed by atoms with Crippen molar-refractivity contribution in [3.05, 3.63) is 47.7 Å². The average molecular weight is 426 g/mol. The molecule has 0 saturated carbocycles. The Morgan fingerprint density at radius 1 is 1.29 bits per heavy atom. The van der Waals surface area contributed by atoms with Crippen LogP contribution in [0.3, 0.4) is 0 Å². The van der Waals surface area contributed by atoms with Crippen molar-refractivity contribution in [2.24, 2.45) is 11.7 Å². The second-order valence-electron chi connectivity index (χ2n) is 8.83. The van der Waals surface area contributed by atoms with Gasteiger partial charge in [0, 0.05) is 29.6 Å². The largest absolute Gasteiger partial charge is 0.459 e. The summed E-state index contributed by atoms with van der Waals surface area (Å²) in [6.45, 7) is 9.19. The first kappa shape index (κ1) is 21.0. The highest BCUT2D eigenvalue weighted by Crippen LogP contribution is 2.33. The summed E-state index contributed by atoms with van der Waals surface area (Å²) in [4.78, 5) is 23.2. The molecule has 2 amide bonds. The van der Waals surface area contributed by atoms with Crippen LogP contribution in [-0.2, 0) is 0 Å². The smallest absolute Gasteiger partial charge is 0.319 e. The van der Waals surface area contributed by atoms with Gasteiger partial charge >= 0.3 is 6.03 Å². The lowest BCUT2D eigenvalue weighted by atomic mass is 9.94. The van der Waals surface area contributed by atoms with Crippen molar-refractivity contribution in [3.63, 3.8) is 0 Å². The number of halogens is 1. The van der Waals surface area contributed by atoms with E-state index in [1.54, 1.807) is 18.5 Å². The average Bonchev–Trinajstić information content (AvgIpc) is 3.00. The van der Waals surface area contributed by atoms with Gasteiger partial charge in [0.25, 0.3) is 0 Å². The van der Waals surface area contributed by atoms with Crippen LogP contribution in [-0.4, -0.2) is 34.6 Å². The van der Waals surface area contributed by atoms with E-state index in [1.807, 2.05) is 32.6 Å². The molecule has 1 aliphatic rings. The summed E-state index contributed by atoms with van der Waals surface area (Å²) in [6.07, 6.45) is 3.13. The summed E-state index contributed by atoms with van der Waals surface area (Å²) in [5.74, 6) is 0.914. The van der Waals surface area contributed by atoms with Crippen LogP contribution in [0.15, 0.2) is 35.0 Å². The number of aromatic nitrogens is 2. The third-order valence-electron chi connectivity index (χ3n) is 5.45. The van der Waals surface area contributed by atoms with Crippen LogP contribution in [0.4, 0.5) is 20.8 Å². The Balaban J connectivity index is 1.45. The van der Waals surface area contributed by atoms with Crippen LogP contribution >= 0.6 is 0 Å². The zero-order chi connectivity index (χ0) is 22.3. The van der Waals surface area contributed by atoms with Gasteiger partial charge in [-0.2, -0.15) is 0 Å². The summed E-state index contributed by atoms with van der Waals surface area (Å²) >= 11 is 0. The van der Waals surface area contributed by atoms with E-state index >= 15 is 0 Å². The van der Waals surface area contributed by atoms with Gasteiger partial charge in [0.1, 0.15) is 17.2 Å². The van der Waals surface area contributed by atoms with Crippen molar-refractivity contribution in [1.29, 1.82) is 0 Å². The summed E-state index contributed by atoms with van der Waals surface area (Å²) in [6, 6.07) is 3.61. The zero-order valence-corrected chi connectivity index (χ0v) is 18.1. The van der Waals surface area contributed by atoms with E-state index in [4.69, 9.17) is 10.2 Å². The summed E-state index contributed by atoms with van der Waals surface area (Å²) in [5.41, 5.74) is 7.67. The minimum absolute atomic E-state index is 0.0467. The number of nitrogens with zero attached hydrogens (tertiary/aromatic N) is 3. The number of aryl methyl sites for hydroxylation is 1. The molecule has 0 radical (unpaired) electrons. The zero-order valence-electron chi connectivity index (χ0n) is 18.1. The van der Waals surface area contributed by atoms with Gasteiger partial charge < -0.3 is 25.7 Å². The van der Waals surface area contributed by atoms with Crippen molar-refractivity contribution in [1.82, 2.24) is 15.3 Å². The third-order valence-corrected chi connectivity index (χ3v) is 5.45. The van der Waals surface area contributed by atoms with E-state index < -0.39 is 6.03 Å². The molecular formula is C22H27FN6O2. The Hall–Kier alpha value is -3.20. The molecule has 4 rings (SSSR count). The highest BCUT2D eigenvalue weighted by atomic mass is 19.1. The van der Waals surface area contributed by atoms with Crippen LogP contribution in [0.5, 0.6) is 0 Å². The molecule has 1 aromatic carbocycles. The summed E-state index contributed by atoms with van der Waals surface area (Å²) < 4.78 is 19.6. The van der Waals surface area contributed by atoms with E-state index in [2.05, 4.69) is 20.6 Å². The van der Waals surface area contributed by atoms with Crippen molar-refractivity contribution in [2.75, 3.05) is 23.3 Å². The number of carbonyl (C=O) groups is 1. The summed E-state index contributed by atoms with van der Waals surface area (Å²) in [7, 11) is 0. The Bertz CT molecular complexity index is 1100. The SMILES string of the molecule is Cc1c([C@@H](NC(=O)Nc2cnc(N3CC(C)(N)C3)nc2)C(C)C)oc2ccc(F)cc12. The van der Waals surface area contributed by atoms with Crippen LogP contribution in [0.2, 0.25) is 0 Å². The molecule has 4 N–H and O–H groups in total. The van der Waals surface area contributed by atoms with Crippen LogP contribution < -0.4 is 21.3 Å². The van der Waals surface area contributed by atoms with Crippen LogP contribution in [0.1, 0.15) is 38.1 Å². The number of nitrogens with one attached hydrogen (secondary N) is 2. The fraction of sp³-hybridized carbons (Fsp3) is 0.409. The van der Waals surface area contributed by atoms with Gasteiger partial charge in [-0.25, -0.2) is 19.2 Å². The number of urea groups is 1. The minimum atomic E-state index is -0.403. The quantitative estimate of drug-likeness (QED) is 0.574. The van der Waals surface area contributed by atoms with E-state index in [-0.39, 0.29) is 23.3 Å². The van der Waals surface area contributed by atoms with Crippen LogP contribution in [0, 0.1) is 18.7 Å². The molecule has 1 fully saturated rings. The number of nitrogens with two attached hydrogens (primary N) is 1. The van der Waals surface area contributed by atoms with Gasteiger partial charge in [-0.3, -0.25) is 0 Å². The van der Waals surface area contributed by atoms with Gasteiger partial charge in [-0.1, -0.05) is 13.8 Å². The standard InChI is InChI=1S/C22H27FN6O2/c1-12(2)18(19-13(3)16-7-14(23)5-6-17(16)31-19)28-21(30)27-15-8-25-20(26-9-15)29-10-22(4,24)11-29/h5-9,12,18H,10-11,24H2,1-4H3,(H2,27,28,30)/t18-/m0/s1. The lowest BCUT2D eigenvalue weighted by Gasteiger charge is -2.45. The second kappa shape index (κ2) is 7.81. The molecule has 1 atom stereocenters. The predicted molar refractivity (Wildman–Crippen MR) is 117 cm³/mol. The molecule has 0 unspecified atom stereocenters. The maximum Gasteiger partial charge on any atom is 0.319 e. The minimum Gasteiger partial charge on any atom is -0.459 e. The molecule has 1 saturated heterocycles. The van der Waals surface area contributed by atoms with Gasteiger partial charge in [-0.15, -0.1) is 0 Å². The van der Waals surface area contributed by atoms with Crippen LogP contribution in [0.25, 0.3) is 11.0 Å². The number of hydrogen-bond donors (Lipinski definition) is 3. The first-order valence-corrected chi connectivity index (χ1v) is 10.2. The molecule has 1 aliphatic heterocycles. The monoisotopic (exact) mass is 426 g/mol. The highest BCUT2D eigenvalue weighted by molar-refractivity contribution is 5.89. The Morgan fingerprint density at radius 2 is 1.97 bits per heavy atom. The molecule has 2 aromatic heterocycles. The number of fused-ring (bicyclic) bond motifs is 1. The normalized spacial score (nSPS) is 16.3. The summed E-state index contributed by atoms with van der Waals surface area (Å²) in [5, 5.41) is 6.41. The van der Waals surface area contributed by atoms with E-state index in [0.29, 0.717) is 41.5 Å². The fourth-order valence-corrected chi connectivity index (χ4v) is 3.87. The highest BCUT2D eigenvalue weighted by Gasteiger charge is 2.36. The fourth-order valence-electron chi connectivity index (χ4n) is 3.87. The number of anilines is 2. The number of benzene rings is 1. The first-order chi connectivity index (χ1) is 14.6. The van der Waals surface area contributed by atoms with E-state index in [0.717, 1.165) is 5.56 Å². The number of hydrogen-bond acceptors (Lipinski definition) is 6. The topological polar surface area (TPSA) is 109 Å². The Morgan fingerprint density at radius 3 is 2.58 bits per heavy atom. The maximum atomic E-state index is 13.6. The molecular weight excluding hydrogens is 399 g/mol. The molecule has 0 spiro atoms. The Kier molecular flexibility index (Phi) is 5.30. The Labute approximate surface area is 180 Å². The second-order valence-corrected chi connectivity index (χ2v) is 8.83. The van der Waals surface area contributed by atoms with Crippen molar-refractivity contribution >= 4 is 28.6 Å². The number of rotatable bonds is 5. The lowest BCUT2D eigenvalue weighted by Crippen LogP contribution is -2.66. The molecule has 0 bridgehead atoms. The van der Waals surface area contributed by atoms with Crippen molar-refractivity contribution in [2.45, 2.75) is 39.3 Å². The molecule has 9 heteroatoms. The van der Waals surface area contributed by atoms with Gasteiger partial charge in [-0.05, 0) is 38.0 Å². The van der Waals surface area contributed by atoms with E-state index in [1.165, 1.54) is 12.1 Å². The number of carbonyl (C=O) groups excluding carboxylic acids is 1. The molecule has 31 heavy (non-hydrogen) atoms. The molecule has 0 aliphatic carbocycles. The number of furan rings is 1. The van der Waals surface area contributed by atoms with Crippen molar-refractivity contribution in [3.8, 4) is 0 Å². The lowest BCUT2D eigenvalue weighted by molar-refractivity contribution is 0.241. The molecule has 164 valence electrons. The molecule has 8 nitrogen and oxygen atoms in total. The molecule has 3 aromatic rings. The van der Waals surface area contributed by atoms with E-state index in [9.17, 15) is 9.18 Å². The van der Waals surface area contributed by atoms with Gasteiger partial charge in [0.2, 0.25) is 5.95 Å². The predicted octanol–water partition coefficient (Wildman–Crippen LogP) is 3.73.